The van der Waals surface area contributed by atoms with Gasteiger partial charge < -0.3 is 15.5 Å². The van der Waals surface area contributed by atoms with Crippen LogP contribution in [0.15, 0.2) is 34.5 Å². The molecule has 0 spiro atoms. The zero-order chi connectivity index (χ0) is 21.2. The van der Waals surface area contributed by atoms with Crippen LogP contribution in [0.1, 0.15) is 5.01 Å². The van der Waals surface area contributed by atoms with Crippen molar-refractivity contribution in [2.45, 2.75) is 17.9 Å². The molecule has 1 aromatic heterocycles. The summed E-state index contributed by atoms with van der Waals surface area (Å²) < 4.78 is 27.6. The van der Waals surface area contributed by atoms with Crippen LogP contribution in [0.4, 0.5) is 0 Å². The summed E-state index contributed by atoms with van der Waals surface area (Å²) in [5, 5.41) is 2.79. The number of hydrogen-bond acceptors (Lipinski definition) is 7. The molecule has 1 aliphatic rings. The van der Waals surface area contributed by atoms with Gasteiger partial charge in [-0.1, -0.05) is 12.1 Å². The van der Waals surface area contributed by atoms with Crippen molar-refractivity contribution in [2.24, 2.45) is 5.73 Å². The van der Waals surface area contributed by atoms with Gasteiger partial charge in [-0.15, -0.1) is 23.7 Å². The van der Waals surface area contributed by atoms with E-state index in [0.29, 0.717) is 26.2 Å². The lowest BCUT2D eigenvalue weighted by atomic mass is 10.2. The van der Waals surface area contributed by atoms with Crippen molar-refractivity contribution in [3.63, 3.8) is 0 Å². The molecular formula is C18H24ClN5O4S2. The monoisotopic (exact) mass is 473 g/mol. The Morgan fingerprint density at radius 3 is 2.27 bits per heavy atom. The Morgan fingerprint density at radius 2 is 1.77 bits per heavy atom. The number of primary amides is 1. The van der Waals surface area contributed by atoms with Crippen LogP contribution in [0.2, 0.25) is 0 Å². The maximum atomic E-state index is 12.7. The molecule has 1 saturated heterocycles. The van der Waals surface area contributed by atoms with E-state index >= 15 is 0 Å². The molecule has 2 amide bonds. The number of nitrogens with zero attached hydrogens (tertiary/aromatic N) is 3. The lowest BCUT2D eigenvalue weighted by molar-refractivity contribution is -0.138. The fourth-order valence-corrected chi connectivity index (χ4v) is 4.74. The number of piperazine rings is 1. The molecule has 2 heterocycles. The molecule has 164 valence electrons. The van der Waals surface area contributed by atoms with Gasteiger partial charge in [-0.2, -0.15) is 4.72 Å². The predicted octanol–water partition coefficient (Wildman–Crippen LogP) is 0.447. The summed E-state index contributed by atoms with van der Waals surface area (Å²) in [5.41, 5.74) is 6.85. The van der Waals surface area contributed by atoms with Crippen molar-refractivity contribution in [2.75, 3.05) is 33.2 Å². The van der Waals surface area contributed by atoms with Crippen LogP contribution in [-0.2, 0) is 19.6 Å². The number of nitrogens with two attached hydrogens (primary N) is 1. The van der Waals surface area contributed by atoms with Gasteiger partial charge in [0.15, 0.2) is 6.04 Å². The number of sulfonamides is 1. The van der Waals surface area contributed by atoms with Crippen LogP contribution in [-0.4, -0.2) is 74.3 Å². The number of carbonyl (C=O) groups is 2. The van der Waals surface area contributed by atoms with E-state index in [0.717, 1.165) is 16.3 Å². The molecule has 0 bridgehead atoms. The van der Waals surface area contributed by atoms with Gasteiger partial charge in [0.1, 0.15) is 0 Å². The second-order valence-corrected chi connectivity index (χ2v) is 9.64. The van der Waals surface area contributed by atoms with E-state index < -0.39 is 27.9 Å². The third-order valence-corrected chi connectivity index (χ3v) is 6.91. The molecule has 30 heavy (non-hydrogen) atoms. The number of halogens is 1. The average Bonchev–Trinajstić information content (AvgIpc) is 3.12. The molecule has 1 atom stereocenters. The van der Waals surface area contributed by atoms with Crippen LogP contribution in [0.3, 0.4) is 0 Å². The molecule has 2 aromatic rings. The van der Waals surface area contributed by atoms with Gasteiger partial charge in [0, 0.05) is 37.1 Å². The lowest BCUT2D eigenvalue weighted by Gasteiger charge is -2.34. The van der Waals surface area contributed by atoms with Crippen LogP contribution in [0.5, 0.6) is 0 Å². The molecule has 3 N–H and O–H groups in total. The number of aromatic nitrogens is 1. The first-order valence-electron chi connectivity index (χ1n) is 8.99. The Kier molecular flexibility index (Phi) is 7.94. The van der Waals surface area contributed by atoms with E-state index in [1.165, 1.54) is 28.4 Å². The minimum Gasteiger partial charge on any atom is -0.368 e. The highest BCUT2D eigenvalue weighted by Gasteiger charge is 2.34. The molecule has 0 radical (unpaired) electrons. The smallest absolute Gasteiger partial charge is 0.250 e. The maximum absolute atomic E-state index is 12.7. The van der Waals surface area contributed by atoms with E-state index in [1.54, 1.807) is 12.1 Å². The van der Waals surface area contributed by atoms with Crippen LogP contribution in [0.25, 0.3) is 11.3 Å². The van der Waals surface area contributed by atoms with Crippen molar-refractivity contribution >= 4 is 45.6 Å². The van der Waals surface area contributed by atoms with Crippen molar-refractivity contribution < 1.29 is 18.0 Å². The van der Waals surface area contributed by atoms with Gasteiger partial charge >= 0.3 is 0 Å². The van der Waals surface area contributed by atoms with E-state index in [2.05, 4.69) is 9.71 Å². The lowest BCUT2D eigenvalue weighted by Crippen LogP contribution is -2.58. The van der Waals surface area contributed by atoms with Gasteiger partial charge in [0.2, 0.25) is 15.9 Å². The van der Waals surface area contributed by atoms with Crippen LogP contribution >= 0.6 is 23.7 Å². The van der Waals surface area contributed by atoms with Crippen LogP contribution in [0, 0.1) is 6.92 Å². The number of aryl methyl sites for hydroxylation is 1. The molecule has 0 saturated carbocycles. The molecular weight excluding hydrogens is 450 g/mol. The second-order valence-electron chi connectivity index (χ2n) is 6.86. The minimum absolute atomic E-state index is 0. The van der Waals surface area contributed by atoms with Crippen molar-refractivity contribution in [1.29, 1.82) is 0 Å². The molecule has 12 heteroatoms. The highest BCUT2D eigenvalue weighted by atomic mass is 35.5. The molecule has 1 aliphatic heterocycles. The van der Waals surface area contributed by atoms with Gasteiger partial charge in [-0.05, 0) is 26.1 Å². The molecule has 0 unspecified atom stereocenters. The van der Waals surface area contributed by atoms with Crippen LogP contribution < -0.4 is 10.5 Å². The molecule has 0 aliphatic carbocycles. The Hall–Kier alpha value is -2.05. The first kappa shape index (κ1) is 24.2. The number of benzene rings is 1. The van der Waals surface area contributed by atoms with Gasteiger partial charge in [-0.3, -0.25) is 9.59 Å². The number of likely N-dealkylation sites (N-methyl/N-ethyl adjacent to an activating group) is 1. The number of thiazole rings is 1. The fraction of sp³-hybridized carbons (Fsp3) is 0.389. The number of carbonyl (C=O) groups excluding carboxylic acids is 2. The Bertz CT molecular complexity index is 1000. The normalized spacial score (nSPS) is 16.0. The highest BCUT2D eigenvalue weighted by Crippen LogP contribution is 2.23. The molecule has 9 nitrogen and oxygen atoms in total. The standard InChI is InChI=1S/C18H23N5O4S2.ClH/c1-12-20-15(11-28-12)13-3-5-14(6-4-13)29(26,27)21-16(17(19)24)18(25)23-9-7-22(2)8-10-23;/h3-6,11,16,21H,7-10H2,1-2H3,(H2,19,24);1H/t16-;/m0./s1. The number of amides is 2. The van der Waals surface area contributed by atoms with Crippen molar-refractivity contribution in [1.82, 2.24) is 19.5 Å². The molecule has 3 rings (SSSR count). The topological polar surface area (TPSA) is 126 Å². The second kappa shape index (κ2) is 9.84. The maximum Gasteiger partial charge on any atom is 0.250 e. The molecule has 1 fully saturated rings. The summed E-state index contributed by atoms with van der Waals surface area (Å²) in [4.78, 5) is 32.3. The number of nitrogens with one attached hydrogen (secondary N) is 1. The Labute approximate surface area is 185 Å². The largest absolute Gasteiger partial charge is 0.368 e. The minimum atomic E-state index is -4.12. The summed E-state index contributed by atoms with van der Waals surface area (Å²) >= 11 is 1.50. The number of rotatable bonds is 6. The van der Waals surface area contributed by atoms with Gasteiger partial charge in [-0.25, -0.2) is 13.4 Å². The van der Waals surface area contributed by atoms with E-state index in [4.69, 9.17) is 5.73 Å². The van der Waals surface area contributed by atoms with Crippen molar-refractivity contribution in [3.05, 3.63) is 34.7 Å². The first-order chi connectivity index (χ1) is 13.7. The Balaban J connectivity index is 0.00000320. The third-order valence-electron chi connectivity index (χ3n) is 4.70. The summed E-state index contributed by atoms with van der Waals surface area (Å²) in [7, 11) is -2.20. The summed E-state index contributed by atoms with van der Waals surface area (Å²) in [5.74, 6) is -1.67. The number of hydrogen-bond donors (Lipinski definition) is 2. The predicted molar refractivity (Wildman–Crippen MR) is 117 cm³/mol. The zero-order valence-electron chi connectivity index (χ0n) is 16.6. The SMILES string of the molecule is Cc1nc(-c2ccc(S(=O)(=O)N[C@@H](C(N)=O)C(=O)N3CCN(C)CC3)cc2)cs1.Cl. The summed E-state index contributed by atoms with van der Waals surface area (Å²) in [6.07, 6.45) is 0. The zero-order valence-corrected chi connectivity index (χ0v) is 19.0. The average molecular weight is 474 g/mol. The van der Waals surface area contributed by atoms with E-state index in [9.17, 15) is 18.0 Å². The third kappa shape index (κ3) is 5.55. The van der Waals surface area contributed by atoms with Gasteiger partial charge in [0.25, 0.3) is 5.91 Å². The summed E-state index contributed by atoms with van der Waals surface area (Å²) in [6, 6.07) is 4.43. The quantitative estimate of drug-likeness (QED) is 0.586. The van der Waals surface area contributed by atoms with Crippen molar-refractivity contribution in [3.8, 4) is 11.3 Å². The summed E-state index contributed by atoms with van der Waals surface area (Å²) in [6.45, 7) is 3.98. The Morgan fingerprint density at radius 1 is 1.17 bits per heavy atom. The highest BCUT2D eigenvalue weighted by molar-refractivity contribution is 7.89. The van der Waals surface area contributed by atoms with E-state index in [1.807, 2.05) is 24.3 Å². The fourth-order valence-electron chi connectivity index (χ4n) is 2.96. The molecule has 1 aromatic carbocycles. The first-order valence-corrected chi connectivity index (χ1v) is 11.4. The van der Waals surface area contributed by atoms with Gasteiger partial charge in [0.05, 0.1) is 15.6 Å². The van der Waals surface area contributed by atoms with E-state index in [-0.39, 0.29) is 17.3 Å².